The molecule has 10 aromatic rings. The Labute approximate surface area is 319 Å². The van der Waals surface area contributed by atoms with E-state index in [9.17, 15) is 0 Å². The van der Waals surface area contributed by atoms with Gasteiger partial charge in [-0.1, -0.05) is 188 Å². The molecule has 0 aliphatic rings. The van der Waals surface area contributed by atoms with Gasteiger partial charge in [0.15, 0.2) is 5.82 Å². The lowest BCUT2D eigenvalue weighted by atomic mass is 9.95. The molecule has 0 bridgehead atoms. The Morgan fingerprint density at radius 2 is 0.727 bits per heavy atom. The van der Waals surface area contributed by atoms with E-state index in [1.54, 1.807) is 0 Å². The van der Waals surface area contributed by atoms with Crippen molar-refractivity contribution in [2.45, 2.75) is 0 Å². The van der Waals surface area contributed by atoms with E-state index in [2.05, 4.69) is 164 Å². The van der Waals surface area contributed by atoms with Crippen LogP contribution < -0.4 is 0 Å². The van der Waals surface area contributed by atoms with E-state index in [-0.39, 0.29) is 0 Å². The third-order valence-corrected chi connectivity index (χ3v) is 10.4. The molecule has 0 fully saturated rings. The molecule has 0 saturated heterocycles. The van der Waals surface area contributed by atoms with Crippen LogP contribution in [0.25, 0.3) is 100 Å². The number of aromatic nitrogens is 2. The monoisotopic (exact) mass is 702 g/mol. The first kappa shape index (κ1) is 32.3. The van der Waals surface area contributed by atoms with Crippen LogP contribution in [0.15, 0.2) is 211 Å². The summed E-state index contributed by atoms with van der Waals surface area (Å²) in [7, 11) is 0. The molecule has 3 nitrogen and oxygen atoms in total. The van der Waals surface area contributed by atoms with E-state index in [0.717, 1.165) is 72.3 Å². The van der Waals surface area contributed by atoms with E-state index in [0.29, 0.717) is 5.82 Å². The van der Waals surface area contributed by atoms with Crippen LogP contribution in [0.2, 0.25) is 0 Å². The van der Waals surface area contributed by atoms with E-state index >= 15 is 0 Å². The largest absolute Gasteiger partial charge is 0.455 e. The standard InChI is InChI=1S/C52H34N2O/c1-4-12-35(13-5-1)37-20-22-39(23-21-37)40-26-30-43(31-27-40)52-53-47(42-16-8-3-9-17-42)34-48(54-52)45-33-32-44(51-50(45)46-18-10-11-19-49(46)55-51)41-28-24-38(25-29-41)36-14-6-2-7-15-36/h1-34H. The maximum atomic E-state index is 6.69. The van der Waals surface area contributed by atoms with Crippen molar-refractivity contribution in [3.8, 4) is 78.4 Å². The molecule has 0 saturated carbocycles. The van der Waals surface area contributed by atoms with E-state index in [1.165, 1.54) is 22.3 Å². The second-order valence-electron chi connectivity index (χ2n) is 13.8. The minimum Gasteiger partial charge on any atom is -0.455 e. The summed E-state index contributed by atoms with van der Waals surface area (Å²) >= 11 is 0. The highest BCUT2D eigenvalue weighted by Gasteiger charge is 2.20. The molecule has 0 unspecified atom stereocenters. The predicted octanol–water partition coefficient (Wildman–Crippen LogP) is 14.0. The normalized spacial score (nSPS) is 11.3. The first-order valence-electron chi connectivity index (χ1n) is 18.6. The Kier molecular flexibility index (Phi) is 8.16. The van der Waals surface area contributed by atoms with Crippen LogP contribution in [0.5, 0.6) is 0 Å². The van der Waals surface area contributed by atoms with Crippen molar-refractivity contribution in [2.24, 2.45) is 0 Å². The van der Waals surface area contributed by atoms with Gasteiger partial charge in [-0.15, -0.1) is 0 Å². The molecule has 0 N–H and O–H groups in total. The Morgan fingerprint density at radius 3 is 1.29 bits per heavy atom. The van der Waals surface area contributed by atoms with Crippen LogP contribution >= 0.6 is 0 Å². The molecule has 10 rings (SSSR count). The molecule has 0 aliphatic carbocycles. The van der Waals surface area contributed by atoms with Crippen molar-refractivity contribution in [2.75, 3.05) is 0 Å². The van der Waals surface area contributed by atoms with Gasteiger partial charge >= 0.3 is 0 Å². The molecule has 0 atom stereocenters. The smallest absolute Gasteiger partial charge is 0.160 e. The average Bonchev–Trinajstić information content (AvgIpc) is 3.67. The van der Waals surface area contributed by atoms with Gasteiger partial charge in [0.05, 0.1) is 11.4 Å². The van der Waals surface area contributed by atoms with Crippen LogP contribution in [0.4, 0.5) is 0 Å². The zero-order valence-corrected chi connectivity index (χ0v) is 29.9. The van der Waals surface area contributed by atoms with E-state index < -0.39 is 0 Å². The fourth-order valence-electron chi connectivity index (χ4n) is 7.51. The third kappa shape index (κ3) is 6.18. The van der Waals surface area contributed by atoms with Crippen LogP contribution in [0.3, 0.4) is 0 Å². The molecule has 2 heterocycles. The summed E-state index contributed by atoms with van der Waals surface area (Å²) in [6, 6.07) is 72.0. The first-order chi connectivity index (χ1) is 27.2. The fraction of sp³-hybridized carbons (Fsp3) is 0. The van der Waals surface area contributed by atoms with Crippen LogP contribution in [0, 0.1) is 0 Å². The molecule has 55 heavy (non-hydrogen) atoms. The summed E-state index contributed by atoms with van der Waals surface area (Å²) in [5.74, 6) is 0.670. The van der Waals surface area contributed by atoms with Crippen LogP contribution in [-0.2, 0) is 0 Å². The number of rotatable bonds is 7. The molecule has 258 valence electrons. The Bertz CT molecular complexity index is 2920. The number of nitrogens with zero attached hydrogens (tertiary/aromatic N) is 2. The molecule has 0 spiro atoms. The maximum Gasteiger partial charge on any atom is 0.160 e. The summed E-state index contributed by atoms with van der Waals surface area (Å²) in [5, 5.41) is 2.09. The Hall–Kier alpha value is -7.36. The highest BCUT2D eigenvalue weighted by Crippen LogP contribution is 2.42. The molecule has 0 radical (unpaired) electrons. The van der Waals surface area contributed by atoms with Crippen LogP contribution in [0.1, 0.15) is 0 Å². The summed E-state index contributed by atoms with van der Waals surface area (Å²) < 4.78 is 6.69. The van der Waals surface area contributed by atoms with Gasteiger partial charge < -0.3 is 4.42 Å². The number of furan rings is 1. The maximum absolute atomic E-state index is 6.69. The lowest BCUT2D eigenvalue weighted by molar-refractivity contribution is 0.670. The van der Waals surface area contributed by atoms with Gasteiger partial charge in [0.2, 0.25) is 0 Å². The van der Waals surface area contributed by atoms with Crippen molar-refractivity contribution in [1.29, 1.82) is 0 Å². The quantitative estimate of drug-likeness (QED) is 0.166. The molecular weight excluding hydrogens is 669 g/mol. The first-order valence-corrected chi connectivity index (χ1v) is 18.6. The van der Waals surface area contributed by atoms with Crippen molar-refractivity contribution >= 4 is 21.9 Å². The molecule has 2 aromatic heterocycles. The summed E-state index contributed by atoms with van der Waals surface area (Å²) in [4.78, 5) is 10.4. The zero-order valence-electron chi connectivity index (χ0n) is 29.9. The fourth-order valence-corrected chi connectivity index (χ4v) is 7.51. The van der Waals surface area contributed by atoms with E-state index in [4.69, 9.17) is 14.4 Å². The van der Waals surface area contributed by atoms with Gasteiger partial charge in [-0.2, -0.15) is 0 Å². The zero-order chi connectivity index (χ0) is 36.6. The van der Waals surface area contributed by atoms with Gasteiger partial charge in [0.1, 0.15) is 11.2 Å². The van der Waals surface area contributed by atoms with Gasteiger partial charge in [-0.05, 0) is 57.1 Å². The highest BCUT2D eigenvalue weighted by molar-refractivity contribution is 6.16. The van der Waals surface area contributed by atoms with Crippen molar-refractivity contribution in [1.82, 2.24) is 9.97 Å². The number of hydrogen-bond acceptors (Lipinski definition) is 3. The molecule has 0 aliphatic heterocycles. The molecule has 0 amide bonds. The second-order valence-corrected chi connectivity index (χ2v) is 13.8. The summed E-state index contributed by atoms with van der Waals surface area (Å²) in [5.41, 5.74) is 15.6. The minimum absolute atomic E-state index is 0.670. The SMILES string of the molecule is c1ccc(-c2ccc(-c3ccc(-c4nc(-c5ccccc5)cc(-c5ccc(-c6ccc(-c7ccccc7)cc6)c6oc7ccccc7c56)n4)cc3)cc2)cc1. The van der Waals surface area contributed by atoms with E-state index in [1.807, 2.05) is 42.5 Å². The average molecular weight is 703 g/mol. The summed E-state index contributed by atoms with van der Waals surface area (Å²) in [6.45, 7) is 0. The number of para-hydroxylation sites is 1. The van der Waals surface area contributed by atoms with Gasteiger partial charge in [-0.3, -0.25) is 0 Å². The topological polar surface area (TPSA) is 38.9 Å². The van der Waals surface area contributed by atoms with Crippen molar-refractivity contribution < 1.29 is 4.42 Å². The minimum atomic E-state index is 0.670. The number of hydrogen-bond donors (Lipinski definition) is 0. The highest BCUT2D eigenvalue weighted by atomic mass is 16.3. The number of fused-ring (bicyclic) bond motifs is 3. The third-order valence-electron chi connectivity index (χ3n) is 10.4. The second kappa shape index (κ2) is 13.9. The number of benzene rings is 8. The lowest BCUT2D eigenvalue weighted by Gasteiger charge is -2.12. The van der Waals surface area contributed by atoms with Crippen molar-refractivity contribution in [3.05, 3.63) is 206 Å². The Balaban J connectivity index is 1.08. The Morgan fingerprint density at radius 1 is 0.309 bits per heavy atom. The lowest BCUT2D eigenvalue weighted by Crippen LogP contribution is -1.96. The van der Waals surface area contributed by atoms with Crippen LogP contribution in [-0.4, -0.2) is 9.97 Å². The predicted molar refractivity (Wildman–Crippen MR) is 227 cm³/mol. The molecular formula is C52H34N2O. The molecule has 3 heteroatoms. The van der Waals surface area contributed by atoms with Gasteiger partial charge in [0.25, 0.3) is 0 Å². The van der Waals surface area contributed by atoms with Gasteiger partial charge in [0, 0.05) is 33.0 Å². The van der Waals surface area contributed by atoms with Gasteiger partial charge in [-0.25, -0.2) is 9.97 Å². The van der Waals surface area contributed by atoms with Crippen molar-refractivity contribution in [3.63, 3.8) is 0 Å². The summed E-state index contributed by atoms with van der Waals surface area (Å²) in [6.07, 6.45) is 0. The molecule has 8 aromatic carbocycles.